The van der Waals surface area contributed by atoms with Gasteiger partial charge in [0.15, 0.2) is 0 Å². The van der Waals surface area contributed by atoms with Crippen LogP contribution in [0.1, 0.15) is 26.3 Å². The fraction of sp³-hybridized carbons (Fsp3) is 0.500. The van der Waals surface area contributed by atoms with E-state index in [9.17, 15) is 13.6 Å². The van der Waals surface area contributed by atoms with Crippen molar-refractivity contribution in [3.8, 4) is 0 Å². The van der Waals surface area contributed by atoms with Crippen molar-refractivity contribution < 1.29 is 13.6 Å². The second-order valence-corrected chi connectivity index (χ2v) is 4.92. The third kappa shape index (κ3) is 5.24. The maximum absolute atomic E-state index is 13.3. The Bertz CT molecular complexity index is 435. The summed E-state index contributed by atoms with van der Waals surface area (Å²) in [6, 6.07) is 3.24. The Morgan fingerprint density at radius 1 is 1.26 bits per heavy atom. The minimum absolute atomic E-state index is 0.0718. The number of carbonyl (C=O) groups is 1. The van der Waals surface area contributed by atoms with Gasteiger partial charge in [0.25, 0.3) is 0 Å². The summed E-state index contributed by atoms with van der Waals surface area (Å²) >= 11 is 0. The monoisotopic (exact) mass is 270 g/mol. The summed E-state index contributed by atoms with van der Waals surface area (Å²) in [5.74, 6) is -0.837. The highest BCUT2D eigenvalue weighted by Crippen LogP contribution is 2.09. The van der Waals surface area contributed by atoms with Crippen LogP contribution in [0.15, 0.2) is 18.2 Å². The van der Waals surface area contributed by atoms with Gasteiger partial charge in [-0.25, -0.2) is 13.6 Å². The lowest BCUT2D eigenvalue weighted by molar-refractivity contribution is 0.234. The SMILES string of the molecule is CC(C)C(C)NC(=O)NCCc1ccc(F)cc1F. The predicted molar refractivity (Wildman–Crippen MR) is 70.9 cm³/mol. The van der Waals surface area contributed by atoms with Crippen LogP contribution in [-0.2, 0) is 6.42 Å². The molecule has 0 aliphatic rings. The average molecular weight is 270 g/mol. The zero-order chi connectivity index (χ0) is 14.4. The highest BCUT2D eigenvalue weighted by Gasteiger charge is 2.10. The number of nitrogens with one attached hydrogen (secondary N) is 2. The Hall–Kier alpha value is -1.65. The van der Waals surface area contributed by atoms with Crippen molar-refractivity contribution in [2.24, 2.45) is 5.92 Å². The molecule has 1 unspecified atom stereocenters. The van der Waals surface area contributed by atoms with Gasteiger partial charge in [0.05, 0.1) is 0 Å². The van der Waals surface area contributed by atoms with Crippen molar-refractivity contribution in [1.82, 2.24) is 10.6 Å². The van der Waals surface area contributed by atoms with Crippen LogP contribution in [0.2, 0.25) is 0 Å². The molecule has 19 heavy (non-hydrogen) atoms. The molecule has 1 aromatic rings. The fourth-order valence-corrected chi connectivity index (χ4v) is 1.46. The van der Waals surface area contributed by atoms with Crippen LogP contribution >= 0.6 is 0 Å². The molecule has 3 nitrogen and oxygen atoms in total. The van der Waals surface area contributed by atoms with E-state index in [0.29, 0.717) is 24.4 Å². The van der Waals surface area contributed by atoms with E-state index in [1.165, 1.54) is 12.1 Å². The molecule has 0 aliphatic carbocycles. The molecule has 106 valence electrons. The molecule has 2 amide bonds. The quantitative estimate of drug-likeness (QED) is 0.848. The standard InChI is InChI=1S/C14H20F2N2O/c1-9(2)10(3)18-14(19)17-7-6-11-4-5-12(15)8-13(11)16/h4-5,8-10H,6-7H2,1-3H3,(H2,17,18,19). The first-order chi connectivity index (χ1) is 8.90. The Morgan fingerprint density at radius 3 is 2.53 bits per heavy atom. The second kappa shape index (κ2) is 7.07. The number of amides is 2. The maximum Gasteiger partial charge on any atom is 0.315 e. The van der Waals surface area contributed by atoms with Crippen molar-refractivity contribution in [3.05, 3.63) is 35.4 Å². The number of urea groups is 1. The number of carbonyl (C=O) groups excluding carboxylic acids is 1. The van der Waals surface area contributed by atoms with Gasteiger partial charge < -0.3 is 10.6 Å². The van der Waals surface area contributed by atoms with Gasteiger partial charge in [-0.05, 0) is 30.9 Å². The van der Waals surface area contributed by atoms with Crippen molar-refractivity contribution >= 4 is 6.03 Å². The number of benzene rings is 1. The van der Waals surface area contributed by atoms with E-state index in [1.54, 1.807) is 0 Å². The Kier molecular flexibility index (Phi) is 5.73. The molecule has 5 heteroatoms. The highest BCUT2D eigenvalue weighted by molar-refractivity contribution is 5.74. The van der Waals surface area contributed by atoms with E-state index in [2.05, 4.69) is 10.6 Å². The normalized spacial score (nSPS) is 12.3. The largest absolute Gasteiger partial charge is 0.338 e. The van der Waals surface area contributed by atoms with Crippen LogP contribution in [0.25, 0.3) is 0 Å². The van der Waals surface area contributed by atoms with Crippen LogP contribution in [0.3, 0.4) is 0 Å². The van der Waals surface area contributed by atoms with Crippen LogP contribution < -0.4 is 10.6 Å². The van der Waals surface area contributed by atoms with E-state index in [1.807, 2.05) is 20.8 Å². The van der Waals surface area contributed by atoms with Gasteiger partial charge in [0.2, 0.25) is 0 Å². The third-order valence-electron chi connectivity index (χ3n) is 3.05. The first-order valence-corrected chi connectivity index (χ1v) is 6.38. The smallest absolute Gasteiger partial charge is 0.315 e. The molecule has 0 fully saturated rings. The fourth-order valence-electron chi connectivity index (χ4n) is 1.46. The van der Waals surface area contributed by atoms with Gasteiger partial charge in [-0.1, -0.05) is 19.9 Å². The maximum atomic E-state index is 13.3. The van der Waals surface area contributed by atoms with Gasteiger partial charge >= 0.3 is 6.03 Å². The molecule has 0 aromatic heterocycles. The molecule has 0 heterocycles. The molecule has 0 radical (unpaired) electrons. The van der Waals surface area contributed by atoms with Crippen LogP contribution in [0.4, 0.5) is 13.6 Å². The summed E-state index contributed by atoms with van der Waals surface area (Å²) in [5, 5.41) is 5.43. The van der Waals surface area contributed by atoms with Gasteiger partial charge in [-0.3, -0.25) is 0 Å². The lowest BCUT2D eigenvalue weighted by Crippen LogP contribution is -2.43. The molecule has 0 spiro atoms. The zero-order valence-corrected chi connectivity index (χ0v) is 11.5. The Morgan fingerprint density at radius 2 is 1.95 bits per heavy atom. The number of halogens is 2. The van der Waals surface area contributed by atoms with E-state index >= 15 is 0 Å². The summed E-state index contributed by atoms with van der Waals surface area (Å²) < 4.78 is 26.0. The number of rotatable bonds is 5. The van der Waals surface area contributed by atoms with Gasteiger partial charge in [-0.15, -0.1) is 0 Å². The van der Waals surface area contributed by atoms with Crippen molar-refractivity contribution in [2.45, 2.75) is 33.2 Å². The highest BCUT2D eigenvalue weighted by atomic mass is 19.1. The lowest BCUT2D eigenvalue weighted by atomic mass is 10.1. The first kappa shape index (κ1) is 15.4. The second-order valence-electron chi connectivity index (χ2n) is 4.92. The molecule has 1 atom stereocenters. The van der Waals surface area contributed by atoms with E-state index in [0.717, 1.165) is 6.07 Å². The first-order valence-electron chi connectivity index (χ1n) is 6.38. The third-order valence-corrected chi connectivity index (χ3v) is 3.05. The minimum atomic E-state index is -0.599. The van der Waals surface area contributed by atoms with Gasteiger partial charge in [0.1, 0.15) is 11.6 Å². The molecule has 1 rings (SSSR count). The number of hydrogen-bond donors (Lipinski definition) is 2. The molecule has 0 saturated heterocycles. The molecule has 2 N–H and O–H groups in total. The number of hydrogen-bond acceptors (Lipinski definition) is 1. The zero-order valence-electron chi connectivity index (χ0n) is 11.5. The molecule has 0 bridgehead atoms. The van der Waals surface area contributed by atoms with Gasteiger partial charge in [-0.2, -0.15) is 0 Å². The summed E-state index contributed by atoms with van der Waals surface area (Å²) in [7, 11) is 0. The summed E-state index contributed by atoms with van der Waals surface area (Å²) in [6.07, 6.45) is 0.329. The molecular formula is C14H20F2N2O. The van der Waals surface area contributed by atoms with Crippen molar-refractivity contribution in [1.29, 1.82) is 0 Å². The summed E-state index contributed by atoms with van der Waals surface area (Å²) in [6.45, 7) is 6.25. The van der Waals surface area contributed by atoms with E-state index in [4.69, 9.17) is 0 Å². The van der Waals surface area contributed by atoms with Crippen LogP contribution in [0.5, 0.6) is 0 Å². The molecular weight excluding hydrogens is 250 g/mol. The Labute approximate surface area is 112 Å². The van der Waals surface area contributed by atoms with E-state index in [-0.39, 0.29) is 12.1 Å². The van der Waals surface area contributed by atoms with E-state index < -0.39 is 11.6 Å². The minimum Gasteiger partial charge on any atom is -0.338 e. The molecule has 0 saturated carbocycles. The Balaban J connectivity index is 2.36. The van der Waals surface area contributed by atoms with Crippen molar-refractivity contribution in [2.75, 3.05) is 6.54 Å². The predicted octanol–water partition coefficient (Wildman–Crippen LogP) is 2.85. The average Bonchev–Trinajstić information content (AvgIpc) is 2.31. The summed E-state index contributed by atoms with van der Waals surface area (Å²) in [4.78, 5) is 11.5. The van der Waals surface area contributed by atoms with Crippen molar-refractivity contribution in [3.63, 3.8) is 0 Å². The van der Waals surface area contributed by atoms with Crippen LogP contribution in [0, 0.1) is 17.6 Å². The summed E-state index contributed by atoms with van der Waals surface area (Å²) in [5.41, 5.74) is 0.388. The van der Waals surface area contributed by atoms with Gasteiger partial charge in [0, 0.05) is 18.7 Å². The van der Waals surface area contributed by atoms with Crippen LogP contribution in [-0.4, -0.2) is 18.6 Å². The molecule has 1 aromatic carbocycles. The topological polar surface area (TPSA) is 41.1 Å². The lowest BCUT2D eigenvalue weighted by Gasteiger charge is -2.17. The molecule has 0 aliphatic heterocycles.